The normalized spacial score (nSPS) is 9.88. The second kappa shape index (κ2) is 5.15. The minimum Gasteiger partial charge on any atom is -0.396 e. The van der Waals surface area contributed by atoms with Crippen LogP contribution in [-0.4, -0.2) is 47.6 Å². The molecule has 1 rings (SSSR count). The second-order valence-corrected chi connectivity index (χ2v) is 3.49. The molecule has 0 saturated carbocycles. The summed E-state index contributed by atoms with van der Waals surface area (Å²) < 4.78 is 0. The monoisotopic (exact) mass is 225 g/mol. The Kier molecular flexibility index (Phi) is 3.87. The summed E-state index contributed by atoms with van der Waals surface area (Å²) in [5.74, 6) is -0.403. The van der Waals surface area contributed by atoms with Crippen LogP contribution in [0, 0.1) is 0 Å². The molecule has 0 saturated heterocycles. The van der Waals surface area contributed by atoms with Crippen LogP contribution in [0.5, 0.6) is 0 Å². The van der Waals surface area contributed by atoms with E-state index in [1.807, 2.05) is 0 Å². The molecule has 1 aromatic rings. The highest BCUT2D eigenvalue weighted by atomic mass is 16.2. The van der Waals surface area contributed by atoms with Gasteiger partial charge in [-0.2, -0.15) is 5.10 Å². The van der Waals surface area contributed by atoms with Gasteiger partial charge in [-0.15, -0.1) is 0 Å². The van der Waals surface area contributed by atoms with Crippen molar-refractivity contribution in [1.29, 1.82) is 0 Å². The maximum absolute atomic E-state index is 11.5. The van der Waals surface area contributed by atoms with Gasteiger partial charge in [0.15, 0.2) is 0 Å². The third-order valence-electron chi connectivity index (χ3n) is 2.02. The summed E-state index contributed by atoms with van der Waals surface area (Å²) >= 11 is 0. The number of nitrogens with one attached hydrogen (secondary N) is 2. The van der Waals surface area contributed by atoms with Gasteiger partial charge in [0.2, 0.25) is 5.91 Å². The van der Waals surface area contributed by atoms with Gasteiger partial charge in [-0.05, 0) is 0 Å². The van der Waals surface area contributed by atoms with Crippen molar-refractivity contribution in [2.75, 3.05) is 26.4 Å². The first kappa shape index (κ1) is 12.0. The molecule has 1 aromatic heterocycles. The molecular formula is C9H15N5O2. The highest BCUT2D eigenvalue weighted by Crippen LogP contribution is 2.04. The third-order valence-corrected chi connectivity index (χ3v) is 2.02. The summed E-state index contributed by atoms with van der Waals surface area (Å²) in [7, 11) is 3.33. The summed E-state index contributed by atoms with van der Waals surface area (Å²) in [4.78, 5) is 24.2. The molecule has 7 heteroatoms. The molecule has 7 nitrogen and oxygen atoms in total. The van der Waals surface area contributed by atoms with Crippen molar-refractivity contribution in [3.63, 3.8) is 0 Å². The minimum atomic E-state index is -0.360. The molecule has 0 unspecified atom stereocenters. The number of aromatic amines is 1. The lowest BCUT2D eigenvalue weighted by atomic mass is 10.3. The number of carbonyl (C=O) groups is 2. The molecule has 16 heavy (non-hydrogen) atoms. The molecule has 0 spiro atoms. The van der Waals surface area contributed by atoms with Crippen LogP contribution in [0.25, 0.3) is 0 Å². The van der Waals surface area contributed by atoms with Crippen LogP contribution in [-0.2, 0) is 4.79 Å². The number of amides is 2. The van der Waals surface area contributed by atoms with E-state index in [0.717, 1.165) is 0 Å². The molecular weight excluding hydrogens is 210 g/mol. The van der Waals surface area contributed by atoms with Gasteiger partial charge >= 0.3 is 0 Å². The van der Waals surface area contributed by atoms with Gasteiger partial charge in [-0.3, -0.25) is 14.7 Å². The minimum absolute atomic E-state index is 0.0436. The van der Waals surface area contributed by atoms with Gasteiger partial charge in [0.05, 0.1) is 11.9 Å². The average molecular weight is 225 g/mol. The van der Waals surface area contributed by atoms with Crippen LogP contribution >= 0.6 is 0 Å². The number of aromatic nitrogens is 2. The quantitative estimate of drug-likeness (QED) is 0.624. The van der Waals surface area contributed by atoms with Crippen molar-refractivity contribution in [3.05, 3.63) is 11.9 Å². The SMILES string of the molecule is CN(C)C(=O)CCNC(=O)c1[nH]ncc1N. The first-order valence-corrected chi connectivity index (χ1v) is 4.79. The van der Waals surface area contributed by atoms with Crippen molar-refractivity contribution in [2.24, 2.45) is 0 Å². The predicted molar refractivity (Wildman–Crippen MR) is 58.6 cm³/mol. The summed E-state index contributed by atoms with van der Waals surface area (Å²) in [6.45, 7) is 0.272. The molecule has 2 amide bonds. The van der Waals surface area contributed by atoms with Crippen molar-refractivity contribution in [1.82, 2.24) is 20.4 Å². The fraction of sp³-hybridized carbons (Fsp3) is 0.444. The number of carbonyl (C=O) groups excluding carboxylic acids is 2. The summed E-state index contributed by atoms with van der Waals surface area (Å²) in [6.07, 6.45) is 1.62. The molecule has 0 fully saturated rings. The van der Waals surface area contributed by atoms with Gasteiger partial charge in [-0.25, -0.2) is 0 Å². The Hall–Kier alpha value is -2.05. The molecule has 88 valence electrons. The second-order valence-electron chi connectivity index (χ2n) is 3.49. The first-order chi connectivity index (χ1) is 7.52. The molecule has 1 heterocycles. The molecule has 0 aliphatic heterocycles. The Labute approximate surface area is 93.0 Å². The van der Waals surface area contributed by atoms with E-state index in [0.29, 0.717) is 0 Å². The van der Waals surface area contributed by atoms with Crippen molar-refractivity contribution < 1.29 is 9.59 Å². The summed E-state index contributed by atoms with van der Waals surface area (Å²) in [5.41, 5.74) is 6.00. The average Bonchev–Trinajstić information content (AvgIpc) is 2.64. The number of rotatable bonds is 4. The Morgan fingerprint density at radius 3 is 2.75 bits per heavy atom. The van der Waals surface area contributed by atoms with E-state index in [-0.39, 0.29) is 36.2 Å². The van der Waals surface area contributed by atoms with Gasteiger partial charge in [0, 0.05) is 27.1 Å². The molecule has 0 aromatic carbocycles. The molecule has 0 aliphatic carbocycles. The van der Waals surface area contributed by atoms with E-state index in [9.17, 15) is 9.59 Å². The lowest BCUT2D eigenvalue weighted by Crippen LogP contribution is -2.30. The summed E-state index contributed by atoms with van der Waals surface area (Å²) in [6, 6.07) is 0. The fourth-order valence-electron chi connectivity index (χ4n) is 1.07. The van der Waals surface area contributed by atoms with E-state index in [2.05, 4.69) is 15.5 Å². The zero-order chi connectivity index (χ0) is 12.1. The van der Waals surface area contributed by atoms with Crippen LogP contribution in [0.2, 0.25) is 0 Å². The van der Waals surface area contributed by atoms with E-state index in [4.69, 9.17) is 5.73 Å². The molecule has 0 radical (unpaired) electrons. The van der Waals surface area contributed by atoms with Gasteiger partial charge in [0.25, 0.3) is 5.91 Å². The van der Waals surface area contributed by atoms with E-state index in [1.165, 1.54) is 11.1 Å². The van der Waals surface area contributed by atoms with E-state index >= 15 is 0 Å². The Balaban J connectivity index is 2.37. The van der Waals surface area contributed by atoms with Crippen LogP contribution < -0.4 is 11.1 Å². The lowest BCUT2D eigenvalue weighted by molar-refractivity contribution is -0.128. The largest absolute Gasteiger partial charge is 0.396 e. The van der Waals surface area contributed by atoms with Crippen molar-refractivity contribution in [2.45, 2.75) is 6.42 Å². The van der Waals surface area contributed by atoms with Gasteiger partial charge in [-0.1, -0.05) is 0 Å². The number of H-pyrrole nitrogens is 1. The number of nitrogen functional groups attached to an aromatic ring is 1. The number of nitrogens with two attached hydrogens (primary N) is 1. The van der Waals surface area contributed by atoms with Crippen LogP contribution in [0.4, 0.5) is 5.69 Å². The predicted octanol–water partition coefficient (Wildman–Crippen LogP) is -0.800. The van der Waals surface area contributed by atoms with Crippen molar-refractivity contribution in [3.8, 4) is 0 Å². The molecule has 0 atom stereocenters. The third kappa shape index (κ3) is 2.97. The number of hydrogen-bond donors (Lipinski definition) is 3. The van der Waals surface area contributed by atoms with Crippen LogP contribution in [0.3, 0.4) is 0 Å². The fourth-order valence-corrected chi connectivity index (χ4v) is 1.07. The maximum Gasteiger partial charge on any atom is 0.271 e. The van der Waals surface area contributed by atoms with Crippen LogP contribution in [0.15, 0.2) is 6.20 Å². The van der Waals surface area contributed by atoms with Gasteiger partial charge < -0.3 is 16.0 Å². The van der Waals surface area contributed by atoms with E-state index < -0.39 is 0 Å². The highest BCUT2D eigenvalue weighted by molar-refractivity contribution is 5.97. The lowest BCUT2D eigenvalue weighted by Gasteiger charge is -2.10. The Bertz CT molecular complexity index is 385. The Morgan fingerprint density at radius 2 is 2.25 bits per heavy atom. The maximum atomic E-state index is 11.5. The topological polar surface area (TPSA) is 104 Å². The van der Waals surface area contributed by atoms with Crippen molar-refractivity contribution >= 4 is 17.5 Å². The Morgan fingerprint density at radius 1 is 1.56 bits per heavy atom. The summed E-state index contributed by atoms with van der Waals surface area (Å²) in [5, 5.41) is 8.69. The smallest absolute Gasteiger partial charge is 0.271 e. The zero-order valence-corrected chi connectivity index (χ0v) is 9.28. The first-order valence-electron chi connectivity index (χ1n) is 4.79. The number of nitrogens with zero attached hydrogens (tertiary/aromatic N) is 2. The number of hydrogen-bond acceptors (Lipinski definition) is 4. The standard InChI is InChI=1S/C9H15N5O2/c1-14(2)7(15)3-4-11-9(16)8-6(10)5-12-13-8/h5H,3-4,10H2,1-2H3,(H,11,16)(H,12,13). The van der Waals surface area contributed by atoms with E-state index in [1.54, 1.807) is 14.1 Å². The highest BCUT2D eigenvalue weighted by Gasteiger charge is 2.11. The molecule has 0 aliphatic rings. The molecule has 4 N–H and O–H groups in total. The molecule has 0 bridgehead atoms. The van der Waals surface area contributed by atoms with Crippen LogP contribution in [0.1, 0.15) is 16.9 Å². The zero-order valence-electron chi connectivity index (χ0n) is 9.28. The number of anilines is 1. The van der Waals surface area contributed by atoms with Gasteiger partial charge in [0.1, 0.15) is 5.69 Å².